The summed E-state index contributed by atoms with van der Waals surface area (Å²) in [6, 6.07) is 3.37. The first kappa shape index (κ1) is 17.1. The number of halogens is 1. The van der Waals surface area contributed by atoms with Gasteiger partial charge in [0.05, 0.1) is 12.3 Å². The molecular weight excluding hydrogens is 339 g/mol. The second-order valence-electron chi connectivity index (χ2n) is 6.95. The van der Waals surface area contributed by atoms with Crippen molar-refractivity contribution in [3.63, 3.8) is 0 Å². The molecule has 3 heterocycles. The molecule has 0 spiro atoms. The molecule has 1 unspecified atom stereocenters. The van der Waals surface area contributed by atoms with Crippen molar-refractivity contribution in [2.45, 2.75) is 32.2 Å². The summed E-state index contributed by atoms with van der Waals surface area (Å²) in [5.74, 6) is -0.239. The molecule has 1 aromatic carbocycles. The summed E-state index contributed by atoms with van der Waals surface area (Å²) in [5.41, 5.74) is 1.13. The molecule has 8 heteroatoms. The van der Waals surface area contributed by atoms with Gasteiger partial charge in [-0.2, -0.15) is 0 Å². The number of benzene rings is 1. The number of piperidine rings is 1. The Hall–Kier alpha value is -2.35. The molecule has 0 aliphatic carbocycles. The quantitative estimate of drug-likeness (QED) is 0.871. The highest BCUT2D eigenvalue weighted by molar-refractivity contribution is 5.69. The maximum absolute atomic E-state index is 14.8. The van der Waals surface area contributed by atoms with E-state index < -0.39 is 11.6 Å². The van der Waals surface area contributed by atoms with E-state index in [1.807, 2.05) is 0 Å². The summed E-state index contributed by atoms with van der Waals surface area (Å²) in [6.45, 7) is 5.50. The van der Waals surface area contributed by atoms with E-state index in [9.17, 15) is 9.18 Å². The first-order valence-corrected chi connectivity index (χ1v) is 9.13. The van der Waals surface area contributed by atoms with Gasteiger partial charge in [0.1, 0.15) is 0 Å². The number of ether oxygens (including phenoxy) is 1. The molecule has 2 aliphatic rings. The van der Waals surface area contributed by atoms with Crippen LogP contribution in [0.25, 0.3) is 11.5 Å². The van der Waals surface area contributed by atoms with Crippen molar-refractivity contribution in [2.24, 2.45) is 5.92 Å². The second-order valence-corrected chi connectivity index (χ2v) is 6.95. The zero-order valence-electron chi connectivity index (χ0n) is 14.8. The van der Waals surface area contributed by atoms with E-state index in [-0.39, 0.29) is 17.7 Å². The van der Waals surface area contributed by atoms with Gasteiger partial charge in [-0.1, -0.05) is 0 Å². The van der Waals surface area contributed by atoms with Crippen LogP contribution < -0.4 is 20.7 Å². The lowest BCUT2D eigenvalue weighted by molar-refractivity contribution is 0.303. The van der Waals surface area contributed by atoms with Crippen LogP contribution in [0.4, 0.5) is 10.1 Å². The van der Waals surface area contributed by atoms with Gasteiger partial charge in [-0.05, 0) is 57.3 Å². The number of rotatable bonds is 3. The summed E-state index contributed by atoms with van der Waals surface area (Å²) in [5, 5.41) is 9.43. The summed E-state index contributed by atoms with van der Waals surface area (Å²) in [7, 11) is 0. The topological polar surface area (TPSA) is 83.4 Å². The Labute approximate surface area is 150 Å². The van der Waals surface area contributed by atoms with Crippen molar-refractivity contribution in [2.75, 3.05) is 31.1 Å². The third kappa shape index (κ3) is 3.21. The van der Waals surface area contributed by atoms with Crippen LogP contribution in [0.2, 0.25) is 0 Å². The van der Waals surface area contributed by atoms with Gasteiger partial charge in [0.2, 0.25) is 5.89 Å². The standard InChI is InChI=1S/C18H23FN4O3/c1-11(12-3-5-20-6-4-12)23-7-2-8-25-16-14(19)9-13(10-15(16)23)17-21-22-18(24)26-17/h9-12,20H,2-8H2,1H3,(H,22,24). The Kier molecular flexibility index (Phi) is 4.67. The van der Waals surface area contributed by atoms with Gasteiger partial charge in [0.15, 0.2) is 11.6 Å². The average Bonchev–Trinajstić information content (AvgIpc) is 2.97. The van der Waals surface area contributed by atoms with Crippen molar-refractivity contribution in [3.8, 4) is 17.2 Å². The molecule has 2 aromatic rings. The van der Waals surface area contributed by atoms with Crippen molar-refractivity contribution in [3.05, 3.63) is 28.5 Å². The number of nitrogens with zero attached hydrogens (tertiary/aromatic N) is 2. The average molecular weight is 362 g/mol. The zero-order chi connectivity index (χ0) is 18.1. The van der Waals surface area contributed by atoms with Crippen LogP contribution in [-0.4, -0.2) is 42.5 Å². The molecule has 1 atom stereocenters. The minimum Gasteiger partial charge on any atom is -0.488 e. The highest BCUT2D eigenvalue weighted by Crippen LogP contribution is 2.39. The fourth-order valence-corrected chi connectivity index (χ4v) is 3.95. The zero-order valence-corrected chi connectivity index (χ0v) is 14.8. The predicted octanol–water partition coefficient (Wildman–Crippen LogP) is 2.15. The number of hydrogen-bond acceptors (Lipinski definition) is 6. The third-order valence-electron chi connectivity index (χ3n) is 5.37. The molecule has 0 radical (unpaired) electrons. The molecular formula is C18H23FN4O3. The summed E-state index contributed by atoms with van der Waals surface area (Å²) >= 11 is 0. The van der Waals surface area contributed by atoms with Crippen LogP contribution in [-0.2, 0) is 0 Å². The van der Waals surface area contributed by atoms with Crippen LogP contribution in [0.15, 0.2) is 21.3 Å². The number of aromatic amines is 1. The third-order valence-corrected chi connectivity index (χ3v) is 5.37. The van der Waals surface area contributed by atoms with Crippen LogP contribution in [0.5, 0.6) is 5.75 Å². The molecule has 1 saturated heterocycles. The van der Waals surface area contributed by atoms with Crippen molar-refractivity contribution >= 4 is 5.69 Å². The number of aromatic nitrogens is 2. The maximum atomic E-state index is 14.8. The minimum absolute atomic E-state index is 0.0791. The highest BCUT2D eigenvalue weighted by atomic mass is 19.1. The number of hydrogen-bond donors (Lipinski definition) is 2. The van der Waals surface area contributed by atoms with E-state index in [1.165, 1.54) is 6.07 Å². The number of anilines is 1. The monoisotopic (exact) mass is 362 g/mol. The molecule has 140 valence electrons. The molecule has 0 saturated carbocycles. The molecule has 0 amide bonds. The lowest BCUT2D eigenvalue weighted by Gasteiger charge is -2.38. The predicted molar refractivity (Wildman–Crippen MR) is 95.0 cm³/mol. The SMILES string of the molecule is CC(C1CCNCC1)N1CCCOc2c(F)cc(-c3n[nH]c(=O)o3)cc21. The summed E-state index contributed by atoms with van der Waals surface area (Å²) in [4.78, 5) is 13.5. The van der Waals surface area contributed by atoms with Gasteiger partial charge in [-0.15, -0.1) is 5.10 Å². The number of H-pyrrole nitrogens is 1. The molecule has 1 fully saturated rings. The first-order valence-electron chi connectivity index (χ1n) is 9.13. The highest BCUT2D eigenvalue weighted by Gasteiger charge is 2.30. The first-order chi connectivity index (χ1) is 12.6. The minimum atomic E-state index is -0.661. The smallest absolute Gasteiger partial charge is 0.434 e. The van der Waals surface area contributed by atoms with E-state index in [0.717, 1.165) is 38.9 Å². The van der Waals surface area contributed by atoms with Gasteiger partial charge < -0.3 is 19.4 Å². The van der Waals surface area contributed by atoms with Crippen LogP contribution in [0.1, 0.15) is 26.2 Å². The molecule has 1 aromatic heterocycles. The van der Waals surface area contributed by atoms with Gasteiger partial charge in [-0.3, -0.25) is 0 Å². The second kappa shape index (κ2) is 7.11. The Morgan fingerprint density at radius 2 is 2.15 bits per heavy atom. The fourth-order valence-electron chi connectivity index (χ4n) is 3.95. The molecule has 0 bridgehead atoms. The molecule has 4 rings (SSSR count). The normalized spacial score (nSPS) is 19.5. The van der Waals surface area contributed by atoms with Crippen LogP contribution in [0, 0.1) is 11.7 Å². The van der Waals surface area contributed by atoms with Gasteiger partial charge in [-0.25, -0.2) is 14.3 Å². The van der Waals surface area contributed by atoms with Crippen molar-refractivity contribution < 1.29 is 13.5 Å². The van der Waals surface area contributed by atoms with E-state index in [4.69, 9.17) is 9.15 Å². The van der Waals surface area contributed by atoms with E-state index in [0.29, 0.717) is 23.8 Å². The number of fused-ring (bicyclic) bond motifs is 1. The van der Waals surface area contributed by atoms with Crippen molar-refractivity contribution in [1.82, 2.24) is 15.5 Å². The lowest BCUT2D eigenvalue weighted by atomic mass is 9.89. The molecule has 26 heavy (non-hydrogen) atoms. The van der Waals surface area contributed by atoms with E-state index in [1.54, 1.807) is 6.07 Å². The Morgan fingerprint density at radius 3 is 2.88 bits per heavy atom. The Bertz CT molecular complexity index is 828. The molecule has 7 nitrogen and oxygen atoms in total. The Morgan fingerprint density at radius 1 is 1.35 bits per heavy atom. The maximum Gasteiger partial charge on any atom is 0.434 e. The van der Waals surface area contributed by atoms with Crippen LogP contribution >= 0.6 is 0 Å². The summed E-state index contributed by atoms with van der Waals surface area (Å²) in [6.07, 6.45) is 3.03. The summed E-state index contributed by atoms with van der Waals surface area (Å²) < 4.78 is 25.5. The van der Waals surface area contributed by atoms with Crippen LogP contribution in [0.3, 0.4) is 0 Å². The fraction of sp³-hybridized carbons (Fsp3) is 0.556. The van der Waals surface area contributed by atoms with E-state index in [2.05, 4.69) is 27.3 Å². The van der Waals surface area contributed by atoms with Gasteiger partial charge in [0, 0.05) is 18.2 Å². The van der Waals surface area contributed by atoms with Gasteiger partial charge in [0.25, 0.3) is 0 Å². The molecule has 2 N–H and O–H groups in total. The van der Waals surface area contributed by atoms with Gasteiger partial charge >= 0.3 is 5.76 Å². The largest absolute Gasteiger partial charge is 0.488 e. The Balaban J connectivity index is 1.74. The van der Waals surface area contributed by atoms with Crippen molar-refractivity contribution in [1.29, 1.82) is 0 Å². The van der Waals surface area contributed by atoms with E-state index >= 15 is 0 Å². The lowest BCUT2D eigenvalue weighted by Crippen LogP contribution is -2.43. The molecule has 2 aliphatic heterocycles. The number of nitrogens with one attached hydrogen (secondary N) is 2.